The number of nitrogens with zero attached hydrogens (tertiary/aromatic N) is 2. The van der Waals surface area contributed by atoms with Crippen LogP contribution in [-0.2, 0) is 6.42 Å². The molecule has 1 heterocycles. The van der Waals surface area contributed by atoms with Gasteiger partial charge in [0.2, 0.25) is 5.88 Å². The molecule has 0 aliphatic heterocycles. The number of aromatic nitrogens is 2. The summed E-state index contributed by atoms with van der Waals surface area (Å²) in [6, 6.07) is 9.51. The highest BCUT2D eigenvalue weighted by Gasteiger charge is 2.17. The molecular weight excluding hydrogens is 322 g/mol. The van der Waals surface area contributed by atoms with Crippen LogP contribution in [-0.4, -0.2) is 41.1 Å². The van der Waals surface area contributed by atoms with Crippen LogP contribution in [0.1, 0.15) is 25.3 Å². The van der Waals surface area contributed by atoms with Gasteiger partial charge < -0.3 is 10.0 Å². The molecule has 0 saturated heterocycles. The lowest BCUT2D eigenvalue weighted by molar-refractivity contribution is -0.855. The summed E-state index contributed by atoms with van der Waals surface area (Å²) in [6.07, 6.45) is 2.37. The lowest BCUT2D eigenvalue weighted by Gasteiger charge is -2.15. The van der Waals surface area contributed by atoms with Crippen molar-refractivity contribution < 1.29 is 10.0 Å². The fourth-order valence-electron chi connectivity index (χ4n) is 2.35. The lowest BCUT2D eigenvalue weighted by atomic mass is 10.1. The molecule has 0 atom stereocenters. The maximum absolute atomic E-state index is 13.0. The summed E-state index contributed by atoms with van der Waals surface area (Å²) in [7, 11) is 4.17. The van der Waals surface area contributed by atoms with E-state index in [1.165, 1.54) is 16.7 Å². The van der Waals surface area contributed by atoms with Gasteiger partial charge in [-0.05, 0) is 25.0 Å². The van der Waals surface area contributed by atoms with Gasteiger partial charge in [0.25, 0.3) is 5.56 Å². The highest BCUT2D eigenvalue weighted by molar-refractivity contribution is 7.99. The van der Waals surface area contributed by atoms with Crippen LogP contribution in [0.2, 0.25) is 0 Å². The Morgan fingerprint density at radius 3 is 2.58 bits per heavy atom. The molecule has 0 amide bonds. The molecule has 2 N–H and O–H groups in total. The van der Waals surface area contributed by atoms with Crippen LogP contribution < -0.4 is 10.5 Å². The van der Waals surface area contributed by atoms with Crippen LogP contribution >= 0.6 is 11.8 Å². The fraction of sp³-hybridized carbons (Fsp3) is 0.444. The Labute approximate surface area is 147 Å². The molecule has 0 aliphatic carbocycles. The predicted molar refractivity (Wildman–Crippen MR) is 98.5 cm³/mol. The average molecular weight is 348 g/mol. The molecule has 0 saturated carbocycles. The molecule has 0 fully saturated rings. The normalized spacial score (nSPS) is 11.2. The molecular formula is C18H26N3O2S+. The summed E-state index contributed by atoms with van der Waals surface area (Å²) in [5.41, 5.74) is 1.03. The summed E-state index contributed by atoms with van der Waals surface area (Å²) >= 11 is 1.50. The van der Waals surface area contributed by atoms with Crippen LogP contribution in [0.5, 0.6) is 5.88 Å². The van der Waals surface area contributed by atoms with E-state index >= 15 is 0 Å². The van der Waals surface area contributed by atoms with Crippen LogP contribution in [0.4, 0.5) is 0 Å². The van der Waals surface area contributed by atoms with E-state index in [0.717, 1.165) is 30.8 Å². The molecule has 0 radical (unpaired) electrons. The molecule has 2 aromatic rings. The van der Waals surface area contributed by atoms with Crippen molar-refractivity contribution in [2.75, 3.05) is 26.4 Å². The Balaban J connectivity index is 2.47. The first-order valence-electron chi connectivity index (χ1n) is 8.36. The first-order chi connectivity index (χ1) is 11.5. The maximum Gasteiger partial charge on any atom is 0.265 e. The fourth-order valence-corrected chi connectivity index (χ4v) is 3.51. The van der Waals surface area contributed by atoms with E-state index in [1.807, 2.05) is 30.3 Å². The van der Waals surface area contributed by atoms with E-state index in [1.54, 1.807) is 4.57 Å². The molecule has 1 aromatic carbocycles. The monoisotopic (exact) mass is 348 g/mol. The molecule has 5 nitrogen and oxygen atoms in total. The third-order valence-electron chi connectivity index (χ3n) is 3.75. The number of para-hydroxylation sites is 1. The number of aromatic hydroxyl groups is 1. The van der Waals surface area contributed by atoms with Gasteiger partial charge in [-0.3, -0.25) is 9.36 Å². The van der Waals surface area contributed by atoms with Gasteiger partial charge >= 0.3 is 0 Å². The van der Waals surface area contributed by atoms with Crippen molar-refractivity contribution >= 4 is 11.8 Å². The predicted octanol–water partition coefficient (Wildman–Crippen LogP) is 1.52. The Morgan fingerprint density at radius 1 is 1.25 bits per heavy atom. The van der Waals surface area contributed by atoms with E-state index in [2.05, 4.69) is 26.0 Å². The van der Waals surface area contributed by atoms with Gasteiger partial charge in [-0.2, -0.15) is 4.98 Å². The largest absolute Gasteiger partial charge is 0.493 e. The molecule has 24 heavy (non-hydrogen) atoms. The van der Waals surface area contributed by atoms with E-state index < -0.39 is 0 Å². The number of thioether (sulfide) groups is 1. The number of hydrogen-bond acceptors (Lipinski definition) is 4. The maximum atomic E-state index is 13.0. The molecule has 0 unspecified atom stereocenters. The van der Waals surface area contributed by atoms with Crippen molar-refractivity contribution in [2.24, 2.45) is 0 Å². The molecule has 0 aliphatic rings. The van der Waals surface area contributed by atoms with Gasteiger partial charge in [0.15, 0.2) is 5.16 Å². The summed E-state index contributed by atoms with van der Waals surface area (Å²) < 4.78 is 1.63. The molecule has 1 aromatic heterocycles. The summed E-state index contributed by atoms with van der Waals surface area (Å²) in [5, 5.41) is 10.8. The van der Waals surface area contributed by atoms with Gasteiger partial charge in [-0.1, -0.05) is 43.3 Å². The highest BCUT2D eigenvalue weighted by Crippen LogP contribution is 2.22. The molecule has 2 rings (SSSR count). The second kappa shape index (κ2) is 8.89. The third-order valence-corrected chi connectivity index (χ3v) is 4.69. The van der Waals surface area contributed by atoms with Crippen molar-refractivity contribution in [1.29, 1.82) is 0 Å². The first-order valence-corrected chi connectivity index (χ1v) is 9.35. The zero-order valence-corrected chi connectivity index (χ0v) is 15.4. The van der Waals surface area contributed by atoms with Crippen LogP contribution in [0.25, 0.3) is 5.69 Å². The summed E-state index contributed by atoms with van der Waals surface area (Å²) in [5.74, 6) is 0.704. The SMILES string of the molecule is CCCCc1c(O)nc(SCC[NH+](C)C)n(-c2ccccc2)c1=O. The van der Waals surface area contributed by atoms with Crippen LogP contribution in [0, 0.1) is 0 Å². The number of hydrogen-bond donors (Lipinski definition) is 2. The minimum absolute atomic E-state index is 0.125. The number of quaternary nitrogens is 1. The van der Waals surface area contributed by atoms with Gasteiger partial charge in [0.1, 0.15) is 0 Å². The highest BCUT2D eigenvalue weighted by atomic mass is 32.2. The Kier molecular flexibility index (Phi) is 6.87. The minimum atomic E-state index is -0.165. The summed E-state index contributed by atoms with van der Waals surface area (Å²) in [4.78, 5) is 18.6. The van der Waals surface area contributed by atoms with Gasteiger partial charge in [-0.25, -0.2) is 0 Å². The van der Waals surface area contributed by atoms with Gasteiger partial charge in [0, 0.05) is 0 Å². The molecule has 130 valence electrons. The van der Waals surface area contributed by atoms with E-state index in [0.29, 0.717) is 17.1 Å². The number of unbranched alkanes of at least 4 members (excludes halogenated alkanes) is 1. The number of benzene rings is 1. The molecule has 0 bridgehead atoms. The molecule has 6 heteroatoms. The standard InChI is InChI=1S/C18H25N3O2S/c1-4-5-11-15-16(22)19-18(24-13-12-20(2)3)21(17(15)23)14-9-7-6-8-10-14/h6-10,22H,4-5,11-13H2,1-3H3/p+1. The zero-order valence-electron chi connectivity index (χ0n) is 14.6. The van der Waals surface area contributed by atoms with Gasteiger partial charge in [-0.15, -0.1) is 0 Å². The van der Waals surface area contributed by atoms with Crippen LogP contribution in [0.3, 0.4) is 0 Å². The number of nitrogens with one attached hydrogen (secondary N) is 1. The first kappa shape index (κ1) is 18.5. The van der Waals surface area contributed by atoms with Crippen molar-refractivity contribution in [3.63, 3.8) is 0 Å². The quantitative estimate of drug-likeness (QED) is 0.561. The zero-order chi connectivity index (χ0) is 17.5. The Morgan fingerprint density at radius 2 is 1.96 bits per heavy atom. The van der Waals surface area contributed by atoms with Crippen molar-refractivity contribution in [3.05, 3.63) is 46.2 Å². The van der Waals surface area contributed by atoms with Crippen molar-refractivity contribution in [3.8, 4) is 11.6 Å². The average Bonchev–Trinajstić information content (AvgIpc) is 2.55. The van der Waals surface area contributed by atoms with Crippen molar-refractivity contribution in [2.45, 2.75) is 31.3 Å². The van der Waals surface area contributed by atoms with Gasteiger partial charge in [0.05, 0.1) is 37.6 Å². The van der Waals surface area contributed by atoms with Crippen molar-refractivity contribution in [1.82, 2.24) is 9.55 Å². The second-order valence-electron chi connectivity index (χ2n) is 6.08. The third kappa shape index (κ3) is 4.61. The van der Waals surface area contributed by atoms with E-state index in [9.17, 15) is 9.90 Å². The lowest BCUT2D eigenvalue weighted by Crippen LogP contribution is -3.06. The number of rotatable bonds is 8. The smallest absolute Gasteiger partial charge is 0.265 e. The van der Waals surface area contributed by atoms with E-state index in [-0.39, 0.29) is 11.4 Å². The molecule has 0 spiro atoms. The van der Waals surface area contributed by atoms with Crippen LogP contribution in [0.15, 0.2) is 40.3 Å². The Hall–Kier alpha value is -1.79. The van der Waals surface area contributed by atoms with E-state index in [4.69, 9.17) is 0 Å². The Bertz CT molecular complexity index is 714. The topological polar surface area (TPSA) is 59.6 Å². The second-order valence-corrected chi connectivity index (χ2v) is 7.14. The summed E-state index contributed by atoms with van der Waals surface area (Å²) in [6.45, 7) is 3.02. The minimum Gasteiger partial charge on any atom is -0.493 e.